The molecule has 1 saturated heterocycles. The lowest BCUT2D eigenvalue weighted by Gasteiger charge is -2.37. The van der Waals surface area contributed by atoms with Crippen molar-refractivity contribution in [3.63, 3.8) is 0 Å². The smallest absolute Gasteiger partial charge is 0.354 e. The molecule has 1 aliphatic rings. The SMILES string of the molecule is O=C(O)c1[nH]ncc1CN1CC(c2nc3ccccc3[nH]2)C1. The number of para-hydroxylation sites is 2. The first kappa shape index (κ1) is 13.0. The van der Waals surface area contributed by atoms with Crippen LogP contribution in [0.25, 0.3) is 11.0 Å². The van der Waals surface area contributed by atoms with Gasteiger partial charge in [-0.3, -0.25) is 10.00 Å². The van der Waals surface area contributed by atoms with Crippen molar-refractivity contribution in [2.45, 2.75) is 12.5 Å². The van der Waals surface area contributed by atoms with E-state index in [4.69, 9.17) is 5.11 Å². The van der Waals surface area contributed by atoms with Crippen molar-refractivity contribution >= 4 is 17.0 Å². The molecule has 0 aliphatic carbocycles. The van der Waals surface area contributed by atoms with Gasteiger partial charge in [0, 0.05) is 31.1 Å². The van der Waals surface area contributed by atoms with Gasteiger partial charge >= 0.3 is 5.97 Å². The van der Waals surface area contributed by atoms with Crippen LogP contribution in [0.15, 0.2) is 30.5 Å². The molecule has 1 aromatic carbocycles. The fourth-order valence-electron chi connectivity index (χ4n) is 2.89. The van der Waals surface area contributed by atoms with Gasteiger partial charge in [0.15, 0.2) is 0 Å². The number of carbonyl (C=O) groups is 1. The number of aromatic carboxylic acids is 1. The minimum absolute atomic E-state index is 0.173. The summed E-state index contributed by atoms with van der Waals surface area (Å²) in [6.07, 6.45) is 1.58. The van der Waals surface area contributed by atoms with E-state index in [0.29, 0.717) is 12.5 Å². The maximum atomic E-state index is 11.1. The molecule has 3 heterocycles. The molecular formula is C15H15N5O2. The first-order valence-electron chi connectivity index (χ1n) is 7.13. The number of imidazole rings is 1. The molecule has 4 rings (SSSR count). The van der Waals surface area contributed by atoms with E-state index in [2.05, 4.69) is 25.1 Å². The van der Waals surface area contributed by atoms with Gasteiger partial charge in [-0.25, -0.2) is 9.78 Å². The molecule has 7 nitrogen and oxygen atoms in total. The number of nitrogens with one attached hydrogen (secondary N) is 2. The second-order valence-electron chi connectivity index (χ2n) is 5.61. The van der Waals surface area contributed by atoms with E-state index in [-0.39, 0.29) is 5.69 Å². The molecule has 112 valence electrons. The Bertz CT molecular complexity index is 798. The number of carboxylic acid groups (broad SMARTS) is 1. The molecule has 0 saturated carbocycles. The quantitative estimate of drug-likeness (QED) is 0.679. The Morgan fingerprint density at radius 3 is 2.95 bits per heavy atom. The average molecular weight is 297 g/mol. The van der Waals surface area contributed by atoms with Crippen molar-refractivity contribution in [2.24, 2.45) is 0 Å². The van der Waals surface area contributed by atoms with Crippen molar-refractivity contribution in [3.05, 3.63) is 47.5 Å². The Hall–Kier alpha value is -2.67. The Balaban J connectivity index is 1.43. The zero-order valence-corrected chi connectivity index (χ0v) is 11.8. The molecule has 0 bridgehead atoms. The Kier molecular flexibility index (Phi) is 2.93. The van der Waals surface area contributed by atoms with E-state index in [1.54, 1.807) is 6.20 Å². The Labute approximate surface area is 126 Å². The van der Waals surface area contributed by atoms with Gasteiger partial charge in [0.1, 0.15) is 11.5 Å². The van der Waals surface area contributed by atoms with Gasteiger partial charge in [-0.05, 0) is 12.1 Å². The Morgan fingerprint density at radius 1 is 1.36 bits per heavy atom. The number of aromatic amines is 2. The van der Waals surface area contributed by atoms with Gasteiger partial charge in [-0.2, -0.15) is 5.10 Å². The lowest BCUT2D eigenvalue weighted by molar-refractivity contribution is 0.0685. The zero-order valence-electron chi connectivity index (χ0n) is 11.8. The molecule has 1 fully saturated rings. The van der Waals surface area contributed by atoms with Crippen molar-refractivity contribution in [2.75, 3.05) is 13.1 Å². The summed E-state index contributed by atoms with van der Waals surface area (Å²) in [5, 5.41) is 15.4. The lowest BCUT2D eigenvalue weighted by atomic mass is 9.98. The van der Waals surface area contributed by atoms with Crippen molar-refractivity contribution < 1.29 is 9.90 Å². The predicted molar refractivity (Wildman–Crippen MR) is 79.7 cm³/mol. The summed E-state index contributed by atoms with van der Waals surface area (Å²) >= 11 is 0. The maximum absolute atomic E-state index is 11.1. The summed E-state index contributed by atoms with van der Waals surface area (Å²) in [5.74, 6) is 0.400. The normalized spacial score (nSPS) is 16.0. The molecule has 0 atom stereocenters. The molecule has 0 radical (unpaired) electrons. The standard InChI is InChI=1S/C15H15N5O2/c21-15(22)13-9(5-16-19-13)6-20-7-10(8-20)14-17-11-3-1-2-4-12(11)18-14/h1-5,10H,6-8H2,(H,16,19)(H,17,18)(H,21,22). The lowest BCUT2D eigenvalue weighted by Crippen LogP contribution is -2.44. The molecule has 22 heavy (non-hydrogen) atoms. The summed E-state index contributed by atoms with van der Waals surface area (Å²) in [7, 11) is 0. The number of aromatic nitrogens is 4. The number of likely N-dealkylation sites (tertiary alicyclic amines) is 1. The van der Waals surface area contributed by atoms with Crippen LogP contribution in [0.3, 0.4) is 0 Å². The van der Waals surface area contributed by atoms with Gasteiger partial charge in [-0.15, -0.1) is 0 Å². The molecule has 7 heteroatoms. The number of hydrogen-bond donors (Lipinski definition) is 3. The van der Waals surface area contributed by atoms with Gasteiger partial charge < -0.3 is 10.1 Å². The summed E-state index contributed by atoms with van der Waals surface area (Å²) < 4.78 is 0. The van der Waals surface area contributed by atoms with E-state index in [9.17, 15) is 4.79 Å². The van der Waals surface area contributed by atoms with Crippen molar-refractivity contribution in [3.8, 4) is 0 Å². The first-order chi connectivity index (χ1) is 10.7. The van der Waals surface area contributed by atoms with E-state index < -0.39 is 5.97 Å². The first-order valence-corrected chi connectivity index (χ1v) is 7.13. The number of H-pyrrole nitrogens is 2. The maximum Gasteiger partial charge on any atom is 0.354 e. The monoisotopic (exact) mass is 297 g/mol. The van der Waals surface area contributed by atoms with Crippen molar-refractivity contribution in [1.82, 2.24) is 25.1 Å². The molecular weight excluding hydrogens is 282 g/mol. The summed E-state index contributed by atoms with van der Waals surface area (Å²) in [5.41, 5.74) is 2.93. The molecule has 3 N–H and O–H groups in total. The molecule has 3 aromatic rings. The zero-order chi connectivity index (χ0) is 15.1. The van der Waals surface area contributed by atoms with E-state index in [1.807, 2.05) is 24.3 Å². The molecule has 0 spiro atoms. The van der Waals surface area contributed by atoms with Gasteiger partial charge in [0.05, 0.1) is 17.2 Å². The highest BCUT2D eigenvalue weighted by molar-refractivity contribution is 5.86. The van der Waals surface area contributed by atoms with Crippen LogP contribution in [-0.2, 0) is 6.54 Å². The predicted octanol–water partition coefficient (Wildman–Crippen LogP) is 1.58. The second-order valence-corrected chi connectivity index (χ2v) is 5.61. The van der Waals surface area contributed by atoms with Crippen LogP contribution < -0.4 is 0 Å². The summed E-state index contributed by atoms with van der Waals surface area (Å²) in [4.78, 5) is 21.2. The highest BCUT2D eigenvalue weighted by atomic mass is 16.4. The third-order valence-corrected chi connectivity index (χ3v) is 4.08. The largest absolute Gasteiger partial charge is 0.477 e. The van der Waals surface area contributed by atoms with E-state index >= 15 is 0 Å². The van der Waals surface area contributed by atoms with Gasteiger partial charge in [0.25, 0.3) is 0 Å². The second kappa shape index (κ2) is 4.96. The minimum Gasteiger partial charge on any atom is -0.477 e. The number of carboxylic acids is 1. The average Bonchev–Trinajstić information content (AvgIpc) is 3.08. The van der Waals surface area contributed by atoms with Crippen LogP contribution >= 0.6 is 0 Å². The number of fused-ring (bicyclic) bond motifs is 1. The van der Waals surface area contributed by atoms with E-state index in [1.165, 1.54) is 0 Å². The number of hydrogen-bond acceptors (Lipinski definition) is 4. The number of rotatable bonds is 4. The summed E-state index contributed by atoms with van der Waals surface area (Å²) in [6.45, 7) is 2.32. The number of nitrogens with zero attached hydrogens (tertiary/aromatic N) is 3. The highest BCUT2D eigenvalue weighted by Crippen LogP contribution is 2.28. The Morgan fingerprint density at radius 2 is 2.18 bits per heavy atom. The third kappa shape index (κ3) is 2.15. The van der Waals surface area contributed by atoms with Crippen LogP contribution in [0.4, 0.5) is 0 Å². The van der Waals surface area contributed by atoms with Crippen LogP contribution in [0.1, 0.15) is 27.8 Å². The summed E-state index contributed by atoms with van der Waals surface area (Å²) in [6, 6.07) is 7.99. The molecule has 2 aromatic heterocycles. The molecule has 0 amide bonds. The fraction of sp³-hybridized carbons (Fsp3) is 0.267. The van der Waals surface area contributed by atoms with Gasteiger partial charge in [0.2, 0.25) is 0 Å². The molecule has 1 aliphatic heterocycles. The van der Waals surface area contributed by atoms with Gasteiger partial charge in [-0.1, -0.05) is 12.1 Å². The van der Waals surface area contributed by atoms with Crippen LogP contribution in [0.5, 0.6) is 0 Å². The van der Waals surface area contributed by atoms with Crippen LogP contribution in [0.2, 0.25) is 0 Å². The third-order valence-electron chi connectivity index (χ3n) is 4.08. The van der Waals surface area contributed by atoms with Crippen molar-refractivity contribution in [1.29, 1.82) is 0 Å². The topological polar surface area (TPSA) is 97.9 Å². The number of benzene rings is 1. The fourth-order valence-corrected chi connectivity index (χ4v) is 2.89. The van der Waals surface area contributed by atoms with E-state index in [0.717, 1.165) is 35.5 Å². The highest BCUT2D eigenvalue weighted by Gasteiger charge is 2.31. The minimum atomic E-state index is -0.971. The van der Waals surface area contributed by atoms with Crippen LogP contribution in [-0.4, -0.2) is 49.2 Å². The van der Waals surface area contributed by atoms with Crippen LogP contribution in [0, 0.1) is 0 Å². The molecule has 0 unspecified atom stereocenters.